The average Bonchev–Trinajstić information content (AvgIpc) is 2.42. The molecule has 1 N–H and O–H groups in total. The lowest BCUT2D eigenvalue weighted by molar-refractivity contribution is 0.283. The molecular weight excluding hydrogens is 236 g/mol. The van der Waals surface area contributed by atoms with Crippen LogP contribution in [-0.4, -0.2) is 11.7 Å². The minimum Gasteiger partial charge on any atom is -0.489 e. The van der Waals surface area contributed by atoms with E-state index in [-0.39, 0.29) is 6.61 Å². The molecule has 0 amide bonds. The Hall–Kier alpha value is -1.80. The number of rotatable bonds is 5. The first-order valence-electron chi connectivity index (χ1n) is 6.58. The molecule has 2 rings (SSSR count). The zero-order valence-electron chi connectivity index (χ0n) is 11.5. The first-order valence-corrected chi connectivity index (χ1v) is 6.58. The molecule has 0 aliphatic heterocycles. The van der Waals surface area contributed by atoms with Gasteiger partial charge in [-0.25, -0.2) is 0 Å². The number of hydrogen-bond acceptors (Lipinski definition) is 2. The zero-order valence-corrected chi connectivity index (χ0v) is 11.5. The first-order chi connectivity index (χ1) is 9.20. The largest absolute Gasteiger partial charge is 0.489 e. The number of aliphatic hydroxyl groups is 1. The minimum atomic E-state index is 0.143. The Morgan fingerprint density at radius 3 is 2.58 bits per heavy atom. The number of ether oxygens (including phenoxy) is 1. The van der Waals surface area contributed by atoms with E-state index in [9.17, 15) is 0 Å². The number of aryl methyl sites for hydroxylation is 2. The Morgan fingerprint density at radius 2 is 1.79 bits per heavy atom. The van der Waals surface area contributed by atoms with Gasteiger partial charge < -0.3 is 9.84 Å². The van der Waals surface area contributed by atoms with Crippen LogP contribution in [0.3, 0.4) is 0 Å². The molecule has 0 bridgehead atoms. The third-order valence-electron chi connectivity index (χ3n) is 3.24. The van der Waals surface area contributed by atoms with Crippen LogP contribution in [-0.2, 0) is 13.0 Å². The third kappa shape index (κ3) is 3.58. The van der Waals surface area contributed by atoms with Crippen LogP contribution in [0.15, 0.2) is 42.5 Å². The normalized spacial score (nSPS) is 10.5. The molecule has 100 valence electrons. The first kappa shape index (κ1) is 13.6. The van der Waals surface area contributed by atoms with E-state index in [1.54, 1.807) is 0 Å². The molecule has 0 radical (unpaired) electrons. The Morgan fingerprint density at radius 1 is 1.00 bits per heavy atom. The summed E-state index contributed by atoms with van der Waals surface area (Å²) in [6.45, 7) is 4.89. The second kappa shape index (κ2) is 6.39. The molecule has 2 aromatic carbocycles. The fraction of sp³-hybridized carbons (Fsp3) is 0.294. The van der Waals surface area contributed by atoms with Crippen LogP contribution in [0.2, 0.25) is 0 Å². The van der Waals surface area contributed by atoms with Gasteiger partial charge in [0, 0.05) is 6.61 Å². The highest BCUT2D eigenvalue weighted by molar-refractivity contribution is 5.35. The highest BCUT2D eigenvalue weighted by atomic mass is 16.5. The van der Waals surface area contributed by atoms with E-state index in [2.05, 4.69) is 32.0 Å². The Kier molecular flexibility index (Phi) is 4.58. The molecule has 0 spiro atoms. The van der Waals surface area contributed by atoms with Crippen molar-refractivity contribution in [3.63, 3.8) is 0 Å². The van der Waals surface area contributed by atoms with E-state index in [0.29, 0.717) is 13.0 Å². The SMILES string of the molecule is Cc1ccc(C)c(COc2ccccc2CCO)c1. The molecule has 0 unspecified atom stereocenters. The Labute approximate surface area is 114 Å². The van der Waals surface area contributed by atoms with E-state index >= 15 is 0 Å². The van der Waals surface area contributed by atoms with Crippen molar-refractivity contribution in [1.29, 1.82) is 0 Å². The lowest BCUT2D eigenvalue weighted by Crippen LogP contribution is -2.02. The third-order valence-corrected chi connectivity index (χ3v) is 3.24. The topological polar surface area (TPSA) is 29.5 Å². The summed E-state index contributed by atoms with van der Waals surface area (Å²) in [5.74, 6) is 0.859. The van der Waals surface area contributed by atoms with E-state index in [1.807, 2.05) is 24.3 Å². The van der Waals surface area contributed by atoms with Gasteiger partial charge >= 0.3 is 0 Å². The second-order valence-corrected chi connectivity index (χ2v) is 4.80. The molecule has 0 saturated heterocycles. The van der Waals surface area contributed by atoms with Gasteiger partial charge in [0.2, 0.25) is 0 Å². The molecule has 0 aliphatic carbocycles. The molecule has 0 aliphatic rings. The second-order valence-electron chi connectivity index (χ2n) is 4.80. The Bertz CT molecular complexity index is 547. The molecule has 19 heavy (non-hydrogen) atoms. The van der Waals surface area contributed by atoms with Gasteiger partial charge in [0.1, 0.15) is 12.4 Å². The van der Waals surface area contributed by atoms with E-state index in [0.717, 1.165) is 11.3 Å². The minimum absolute atomic E-state index is 0.143. The van der Waals surface area contributed by atoms with E-state index < -0.39 is 0 Å². The molecule has 2 aromatic rings. The van der Waals surface area contributed by atoms with Gasteiger partial charge in [0.15, 0.2) is 0 Å². The van der Waals surface area contributed by atoms with Crippen LogP contribution in [0.5, 0.6) is 5.75 Å². The van der Waals surface area contributed by atoms with E-state index in [4.69, 9.17) is 9.84 Å². The van der Waals surface area contributed by atoms with Crippen LogP contribution in [0.25, 0.3) is 0 Å². The monoisotopic (exact) mass is 256 g/mol. The summed E-state index contributed by atoms with van der Waals surface area (Å²) in [4.78, 5) is 0. The molecule has 0 fully saturated rings. The van der Waals surface area contributed by atoms with Crippen molar-refractivity contribution in [2.75, 3.05) is 6.61 Å². The van der Waals surface area contributed by atoms with Gasteiger partial charge in [-0.1, -0.05) is 42.0 Å². The van der Waals surface area contributed by atoms with Gasteiger partial charge in [0.25, 0.3) is 0 Å². The lowest BCUT2D eigenvalue weighted by atomic mass is 10.1. The smallest absolute Gasteiger partial charge is 0.123 e. The van der Waals surface area contributed by atoms with Crippen molar-refractivity contribution in [1.82, 2.24) is 0 Å². The van der Waals surface area contributed by atoms with Gasteiger partial charge in [-0.05, 0) is 43.0 Å². The molecular formula is C17H20O2. The summed E-state index contributed by atoms with van der Waals surface area (Å²) in [5, 5.41) is 9.05. The number of hydrogen-bond donors (Lipinski definition) is 1. The van der Waals surface area contributed by atoms with Crippen molar-refractivity contribution in [3.05, 3.63) is 64.7 Å². The number of para-hydroxylation sites is 1. The van der Waals surface area contributed by atoms with Crippen molar-refractivity contribution < 1.29 is 9.84 Å². The summed E-state index contributed by atoms with van der Waals surface area (Å²) in [7, 11) is 0. The van der Waals surface area contributed by atoms with Crippen molar-refractivity contribution in [2.45, 2.75) is 26.9 Å². The maximum atomic E-state index is 9.05. The standard InChI is InChI=1S/C17H20O2/c1-13-7-8-14(2)16(11-13)12-19-17-6-4-3-5-15(17)9-10-18/h3-8,11,18H,9-10,12H2,1-2H3. The van der Waals surface area contributed by atoms with Crippen LogP contribution in [0.4, 0.5) is 0 Å². The van der Waals surface area contributed by atoms with Gasteiger partial charge in [0.05, 0.1) is 0 Å². The van der Waals surface area contributed by atoms with Crippen molar-refractivity contribution >= 4 is 0 Å². The van der Waals surface area contributed by atoms with Crippen LogP contribution < -0.4 is 4.74 Å². The summed E-state index contributed by atoms with van der Waals surface area (Å²) in [5.41, 5.74) is 4.74. The quantitative estimate of drug-likeness (QED) is 0.888. The maximum Gasteiger partial charge on any atom is 0.123 e. The van der Waals surface area contributed by atoms with E-state index in [1.165, 1.54) is 16.7 Å². The van der Waals surface area contributed by atoms with Crippen molar-refractivity contribution in [2.24, 2.45) is 0 Å². The molecule has 0 heterocycles. The summed E-state index contributed by atoms with van der Waals surface area (Å²) >= 11 is 0. The van der Waals surface area contributed by atoms with Gasteiger partial charge in [-0.3, -0.25) is 0 Å². The highest BCUT2D eigenvalue weighted by Gasteiger charge is 2.04. The lowest BCUT2D eigenvalue weighted by Gasteiger charge is -2.12. The molecule has 0 saturated carbocycles. The highest BCUT2D eigenvalue weighted by Crippen LogP contribution is 2.21. The number of benzene rings is 2. The van der Waals surface area contributed by atoms with Crippen LogP contribution in [0, 0.1) is 13.8 Å². The molecule has 2 nitrogen and oxygen atoms in total. The maximum absolute atomic E-state index is 9.05. The zero-order chi connectivity index (χ0) is 13.7. The van der Waals surface area contributed by atoms with Gasteiger partial charge in [-0.15, -0.1) is 0 Å². The van der Waals surface area contributed by atoms with Crippen molar-refractivity contribution in [3.8, 4) is 5.75 Å². The van der Waals surface area contributed by atoms with Gasteiger partial charge in [-0.2, -0.15) is 0 Å². The summed E-state index contributed by atoms with van der Waals surface area (Å²) in [6.07, 6.45) is 0.628. The fourth-order valence-electron chi connectivity index (χ4n) is 2.08. The summed E-state index contributed by atoms with van der Waals surface area (Å²) < 4.78 is 5.90. The number of aliphatic hydroxyl groups excluding tert-OH is 1. The molecule has 0 atom stereocenters. The predicted molar refractivity (Wildman–Crippen MR) is 77.5 cm³/mol. The average molecular weight is 256 g/mol. The summed E-state index contributed by atoms with van der Waals surface area (Å²) in [6, 6.07) is 14.3. The van der Waals surface area contributed by atoms with Crippen LogP contribution in [0.1, 0.15) is 22.3 Å². The molecule has 0 aromatic heterocycles. The molecule has 2 heteroatoms. The predicted octanol–water partition coefficient (Wildman–Crippen LogP) is 3.42. The Balaban J connectivity index is 2.12. The fourth-order valence-corrected chi connectivity index (χ4v) is 2.08. The van der Waals surface area contributed by atoms with Crippen LogP contribution >= 0.6 is 0 Å².